The minimum absolute atomic E-state index is 0.0288. The number of benzene rings is 4. The molecule has 4 aromatic carbocycles. The van der Waals surface area contributed by atoms with Crippen molar-refractivity contribution in [2.45, 2.75) is 69.7 Å². The Morgan fingerprint density at radius 2 is 1.26 bits per heavy atom. The summed E-state index contributed by atoms with van der Waals surface area (Å²) in [5.74, 6) is 4.97. The number of nitrogen functional groups attached to an aromatic ring is 1. The summed E-state index contributed by atoms with van der Waals surface area (Å²) >= 11 is 10.3. The number of nitrogens with one attached hydrogen (secondary N) is 2. The maximum atomic E-state index is 8.29. The van der Waals surface area contributed by atoms with E-state index in [2.05, 4.69) is 85.2 Å². The fraction of sp³-hybridized carbons (Fsp3) is 0.261. The molecule has 0 spiro atoms. The summed E-state index contributed by atoms with van der Waals surface area (Å²) in [6.45, 7) is 1.96. The molecule has 12 rings (SSSR count). The molecule has 4 aliphatic rings. The third-order valence-electron chi connectivity index (χ3n) is 12.3. The zero-order valence-electron chi connectivity index (χ0n) is 35.5. The number of aromatic nitrogens is 8. The Kier molecular flexibility index (Phi) is 11.0. The van der Waals surface area contributed by atoms with E-state index in [1.165, 1.54) is 41.0 Å². The highest BCUT2D eigenvalue weighted by molar-refractivity contribution is 9.10. The molecular weight excluding hydrogens is 1010 g/mol. The number of hydrogen-bond donors (Lipinski definition) is 3. The van der Waals surface area contributed by atoms with Gasteiger partial charge in [0, 0.05) is 42.7 Å². The number of anilines is 1. The third-order valence-corrected chi connectivity index (χ3v) is 16.2. The van der Waals surface area contributed by atoms with Crippen LogP contribution in [0, 0.1) is 5.41 Å². The van der Waals surface area contributed by atoms with Gasteiger partial charge < -0.3 is 48.3 Å². The number of ether oxygens (including phenoxy) is 6. The zero-order chi connectivity index (χ0) is 45.2. The minimum atomic E-state index is 0.0288. The normalized spacial score (nSPS) is 15.7. The van der Waals surface area contributed by atoms with Crippen molar-refractivity contribution in [1.82, 2.24) is 39.0 Å². The fourth-order valence-electron chi connectivity index (χ4n) is 8.33. The van der Waals surface area contributed by atoms with Crippen LogP contribution in [0.2, 0.25) is 0 Å². The van der Waals surface area contributed by atoms with Crippen LogP contribution in [-0.2, 0) is 23.9 Å². The number of rotatable bonds is 12. The van der Waals surface area contributed by atoms with E-state index in [0.29, 0.717) is 27.8 Å². The van der Waals surface area contributed by atoms with E-state index in [9.17, 15) is 0 Å². The van der Waals surface area contributed by atoms with Gasteiger partial charge in [0.2, 0.25) is 13.6 Å². The van der Waals surface area contributed by atoms with Gasteiger partial charge in [-0.25, -0.2) is 24.9 Å². The van der Waals surface area contributed by atoms with Gasteiger partial charge in [-0.3, -0.25) is 5.41 Å². The van der Waals surface area contributed by atoms with E-state index in [1.807, 2.05) is 48.5 Å². The second-order valence-corrected chi connectivity index (χ2v) is 20.1. The van der Waals surface area contributed by atoms with Crippen LogP contribution in [0.4, 0.5) is 5.82 Å². The van der Waals surface area contributed by atoms with Gasteiger partial charge in [0.25, 0.3) is 0 Å². The standard InChI is InChI=1S/2C23H20BrN5O3S/c1-30-14-4-2-13(3-5-14)23(6-7-23)10-29-11-26-20(25)19-21(29)28-22(27-19)33-18-9-17-16(8-15(18)24)31-12-32-17;1-30-14-4-2-13(3-5-14)23(6-7-23)10-29-21-19(20(25)26-11-27-21)28-22(29)33-18-9-17-16(8-15(18)24)31-12-32-17/h2-5,8-9,11,25H,6-7,10,12H2,1H3,(H,27,28);2-5,8-9,11H,6-7,10,12H2,1H3,(H2,25,26,27). The summed E-state index contributed by atoms with van der Waals surface area (Å²) < 4.78 is 38.7. The summed E-state index contributed by atoms with van der Waals surface area (Å²) in [5.41, 5.74) is 11.7. The maximum Gasteiger partial charge on any atom is 0.231 e. The molecule has 0 bridgehead atoms. The van der Waals surface area contributed by atoms with E-state index in [4.69, 9.17) is 49.5 Å². The van der Waals surface area contributed by atoms with Crippen LogP contribution in [0.3, 0.4) is 0 Å². The first-order valence-electron chi connectivity index (χ1n) is 20.9. The quantitative estimate of drug-likeness (QED) is 0.105. The third kappa shape index (κ3) is 8.06. The number of nitrogens with two attached hydrogens (primary N) is 1. The summed E-state index contributed by atoms with van der Waals surface area (Å²) in [4.78, 5) is 27.9. The average Bonchev–Trinajstić information content (AvgIpc) is 4.01. The highest BCUT2D eigenvalue weighted by atomic mass is 79.9. The monoisotopic (exact) mass is 1050 g/mol. The van der Waals surface area contributed by atoms with E-state index in [0.717, 1.165) is 103 Å². The number of aromatic amines is 1. The topological polar surface area (TPSA) is 195 Å². The second kappa shape index (κ2) is 17.0. The predicted molar refractivity (Wildman–Crippen MR) is 254 cm³/mol. The van der Waals surface area contributed by atoms with Crippen molar-refractivity contribution in [3.63, 3.8) is 0 Å². The van der Waals surface area contributed by atoms with Crippen LogP contribution in [-0.4, -0.2) is 66.8 Å². The smallest absolute Gasteiger partial charge is 0.231 e. The lowest BCUT2D eigenvalue weighted by atomic mass is 9.95. The summed E-state index contributed by atoms with van der Waals surface area (Å²) in [5, 5.41) is 9.78. The molecule has 4 aromatic heterocycles. The molecule has 336 valence electrons. The predicted octanol–water partition coefficient (Wildman–Crippen LogP) is 9.41. The van der Waals surface area contributed by atoms with E-state index < -0.39 is 0 Å². The molecule has 0 unspecified atom stereocenters. The van der Waals surface area contributed by atoms with Gasteiger partial charge in [0.1, 0.15) is 23.3 Å². The Morgan fingerprint density at radius 1 is 0.712 bits per heavy atom. The van der Waals surface area contributed by atoms with Crippen LogP contribution < -0.4 is 39.6 Å². The lowest BCUT2D eigenvalue weighted by Crippen LogP contribution is -2.20. The Balaban J connectivity index is 0.000000146. The van der Waals surface area contributed by atoms with Crippen LogP contribution in [0.15, 0.2) is 115 Å². The van der Waals surface area contributed by atoms with Gasteiger partial charge in [-0.1, -0.05) is 47.8 Å². The van der Waals surface area contributed by atoms with Crippen molar-refractivity contribution in [3.05, 3.63) is 111 Å². The molecule has 0 atom stereocenters. The first kappa shape index (κ1) is 42.7. The number of fused-ring (bicyclic) bond motifs is 4. The van der Waals surface area contributed by atoms with Crippen LogP contribution in [0.1, 0.15) is 36.8 Å². The van der Waals surface area contributed by atoms with E-state index in [-0.39, 0.29) is 29.9 Å². The molecule has 0 amide bonds. The van der Waals surface area contributed by atoms with Crippen molar-refractivity contribution < 1.29 is 28.4 Å². The zero-order valence-corrected chi connectivity index (χ0v) is 40.3. The largest absolute Gasteiger partial charge is 0.497 e. The number of imidazole rings is 2. The van der Waals surface area contributed by atoms with Gasteiger partial charge in [0.05, 0.1) is 20.5 Å². The van der Waals surface area contributed by atoms with E-state index in [1.54, 1.807) is 20.5 Å². The Morgan fingerprint density at radius 3 is 1.82 bits per heavy atom. The Hall–Kier alpha value is -5.96. The number of hydrogen-bond acceptors (Lipinski definition) is 15. The van der Waals surface area contributed by atoms with Crippen molar-refractivity contribution in [3.8, 4) is 34.5 Å². The lowest BCUT2D eigenvalue weighted by molar-refractivity contribution is 0.173. The van der Waals surface area contributed by atoms with E-state index >= 15 is 0 Å². The maximum absolute atomic E-state index is 8.29. The molecule has 2 aliphatic carbocycles. The molecular formula is C46H40Br2N10O6S2. The van der Waals surface area contributed by atoms with Gasteiger partial charge >= 0.3 is 0 Å². The highest BCUT2D eigenvalue weighted by Crippen LogP contribution is 2.52. The highest BCUT2D eigenvalue weighted by Gasteiger charge is 2.46. The molecule has 66 heavy (non-hydrogen) atoms. The SMILES string of the molecule is COc1ccc(C2(Cn3c(Sc4cc5c(cc4Br)OCO5)nc4c(N)ncnc43)CC2)cc1.COc1ccc(C2(Cn3cnc(=N)c4[nH]c(Sc5cc6c(cc5Br)OCO6)nc43)CC2)cc1. The molecule has 2 fully saturated rings. The van der Waals surface area contributed by atoms with Gasteiger partial charge in [-0.15, -0.1) is 0 Å². The molecule has 16 nitrogen and oxygen atoms in total. The summed E-state index contributed by atoms with van der Waals surface area (Å²) in [6, 6.07) is 24.3. The molecule has 0 radical (unpaired) electrons. The van der Waals surface area contributed by atoms with Crippen molar-refractivity contribution in [2.24, 2.45) is 0 Å². The van der Waals surface area contributed by atoms with Gasteiger partial charge in [0.15, 0.2) is 61.4 Å². The van der Waals surface area contributed by atoms with Crippen LogP contribution in [0.5, 0.6) is 34.5 Å². The number of methoxy groups -OCH3 is 2. The van der Waals surface area contributed by atoms with Gasteiger partial charge in [-0.2, -0.15) is 0 Å². The summed E-state index contributed by atoms with van der Waals surface area (Å²) in [7, 11) is 3.36. The first-order valence-corrected chi connectivity index (χ1v) is 24.1. The average molecular weight is 1050 g/mol. The minimum Gasteiger partial charge on any atom is -0.497 e. The molecule has 20 heteroatoms. The molecule has 8 aromatic rings. The van der Waals surface area contributed by atoms with Crippen LogP contribution in [0.25, 0.3) is 22.3 Å². The van der Waals surface area contributed by atoms with Crippen molar-refractivity contribution >= 4 is 83.5 Å². The van der Waals surface area contributed by atoms with Gasteiger partial charge in [-0.05, 0) is 117 Å². The van der Waals surface area contributed by atoms with Crippen molar-refractivity contribution in [2.75, 3.05) is 33.5 Å². The number of nitrogens with zero attached hydrogens (tertiary/aromatic N) is 7. The fourth-order valence-corrected chi connectivity index (χ4v) is 11.2. The molecule has 4 N–H and O–H groups in total. The number of halogens is 2. The molecule has 2 saturated carbocycles. The second-order valence-electron chi connectivity index (χ2n) is 16.4. The van der Waals surface area contributed by atoms with Crippen LogP contribution >= 0.6 is 55.4 Å². The van der Waals surface area contributed by atoms with Crippen molar-refractivity contribution in [1.29, 1.82) is 5.41 Å². The number of H-pyrrole nitrogens is 1. The Bertz CT molecular complexity index is 3230. The lowest BCUT2D eigenvalue weighted by Gasteiger charge is -2.19. The first-order chi connectivity index (χ1) is 32.1. The molecule has 6 heterocycles. The summed E-state index contributed by atoms with van der Waals surface area (Å²) in [6.07, 6.45) is 7.61. The molecule has 0 saturated heterocycles. The Labute approximate surface area is 402 Å². The molecule has 2 aliphatic heterocycles.